The Bertz CT molecular complexity index is 591. The molecule has 1 saturated heterocycles. The molecule has 0 saturated carbocycles. The SMILES string of the molecule is CCCNC(c1cc2cc(F)ccc2s1)C1CCCOC1. The van der Waals surface area contributed by atoms with Gasteiger partial charge in [-0.15, -0.1) is 11.3 Å². The molecule has 0 aliphatic carbocycles. The summed E-state index contributed by atoms with van der Waals surface area (Å²) in [5.41, 5.74) is 0. The van der Waals surface area contributed by atoms with Crippen LogP contribution in [0.3, 0.4) is 0 Å². The number of hydrogen-bond donors (Lipinski definition) is 1. The molecule has 4 heteroatoms. The quantitative estimate of drug-likeness (QED) is 0.877. The fourth-order valence-electron chi connectivity index (χ4n) is 3.02. The van der Waals surface area contributed by atoms with Gasteiger partial charge >= 0.3 is 0 Å². The molecule has 2 atom stereocenters. The number of benzene rings is 1. The monoisotopic (exact) mass is 307 g/mol. The first-order valence-corrected chi connectivity index (χ1v) is 8.59. The molecule has 0 spiro atoms. The zero-order valence-electron chi connectivity index (χ0n) is 12.4. The van der Waals surface area contributed by atoms with E-state index >= 15 is 0 Å². The number of fused-ring (bicyclic) bond motifs is 1. The van der Waals surface area contributed by atoms with Crippen LogP contribution in [0.25, 0.3) is 10.1 Å². The molecule has 3 rings (SSSR count). The number of hydrogen-bond acceptors (Lipinski definition) is 3. The zero-order valence-corrected chi connectivity index (χ0v) is 13.2. The molecular weight excluding hydrogens is 285 g/mol. The van der Waals surface area contributed by atoms with Gasteiger partial charge in [-0.25, -0.2) is 4.39 Å². The molecule has 0 amide bonds. The summed E-state index contributed by atoms with van der Waals surface area (Å²) >= 11 is 1.77. The van der Waals surface area contributed by atoms with E-state index in [-0.39, 0.29) is 5.82 Å². The normalized spacial score (nSPS) is 20.8. The molecule has 0 radical (unpaired) electrons. The van der Waals surface area contributed by atoms with Gasteiger partial charge in [0.1, 0.15) is 5.82 Å². The van der Waals surface area contributed by atoms with E-state index < -0.39 is 0 Å². The van der Waals surface area contributed by atoms with E-state index in [1.807, 2.05) is 6.07 Å². The standard InChI is InChI=1S/C17H22FNOS/c1-2-7-19-17(12-4-3-8-20-11-12)16-10-13-9-14(18)5-6-15(13)21-16/h5-6,9-10,12,17,19H,2-4,7-8,11H2,1H3. The van der Waals surface area contributed by atoms with Gasteiger partial charge < -0.3 is 10.1 Å². The van der Waals surface area contributed by atoms with Crippen LogP contribution in [0.4, 0.5) is 4.39 Å². The smallest absolute Gasteiger partial charge is 0.123 e. The maximum atomic E-state index is 13.4. The summed E-state index contributed by atoms with van der Waals surface area (Å²) in [6, 6.07) is 7.52. The van der Waals surface area contributed by atoms with E-state index in [0.717, 1.165) is 42.7 Å². The second-order valence-electron chi connectivity index (χ2n) is 5.74. The fraction of sp³-hybridized carbons (Fsp3) is 0.529. The van der Waals surface area contributed by atoms with Crippen molar-refractivity contribution in [3.8, 4) is 0 Å². The first-order valence-electron chi connectivity index (χ1n) is 7.78. The number of nitrogens with one attached hydrogen (secondary N) is 1. The lowest BCUT2D eigenvalue weighted by Gasteiger charge is -2.30. The lowest BCUT2D eigenvalue weighted by Crippen LogP contribution is -2.33. The van der Waals surface area contributed by atoms with E-state index in [1.54, 1.807) is 23.5 Å². The highest BCUT2D eigenvalue weighted by molar-refractivity contribution is 7.19. The maximum Gasteiger partial charge on any atom is 0.123 e. The highest BCUT2D eigenvalue weighted by Gasteiger charge is 2.26. The molecule has 1 N–H and O–H groups in total. The summed E-state index contributed by atoms with van der Waals surface area (Å²) in [4.78, 5) is 1.31. The van der Waals surface area contributed by atoms with Crippen molar-refractivity contribution < 1.29 is 9.13 Å². The van der Waals surface area contributed by atoms with Crippen LogP contribution < -0.4 is 5.32 Å². The van der Waals surface area contributed by atoms with Crippen molar-refractivity contribution in [1.29, 1.82) is 0 Å². The Hall–Kier alpha value is -0.970. The maximum absolute atomic E-state index is 13.4. The van der Waals surface area contributed by atoms with Gasteiger partial charge in [0.15, 0.2) is 0 Å². The van der Waals surface area contributed by atoms with Crippen molar-refractivity contribution in [2.45, 2.75) is 32.2 Å². The molecule has 1 aliphatic heterocycles. The second-order valence-corrected chi connectivity index (χ2v) is 6.86. The minimum absolute atomic E-state index is 0.161. The minimum Gasteiger partial charge on any atom is -0.381 e. The predicted molar refractivity (Wildman–Crippen MR) is 86.4 cm³/mol. The summed E-state index contributed by atoms with van der Waals surface area (Å²) in [7, 11) is 0. The van der Waals surface area contributed by atoms with Crippen LogP contribution in [0, 0.1) is 11.7 Å². The van der Waals surface area contributed by atoms with Crippen molar-refractivity contribution in [2.24, 2.45) is 5.92 Å². The summed E-state index contributed by atoms with van der Waals surface area (Å²) in [6.45, 7) is 4.89. The average Bonchev–Trinajstić information content (AvgIpc) is 2.91. The third kappa shape index (κ3) is 3.44. The molecule has 2 aromatic rings. The molecule has 2 heterocycles. The van der Waals surface area contributed by atoms with E-state index in [1.165, 1.54) is 11.3 Å². The Labute approximate surface area is 129 Å². The summed E-state index contributed by atoms with van der Waals surface area (Å²) in [6.07, 6.45) is 3.45. The Morgan fingerprint density at radius 2 is 2.33 bits per heavy atom. The molecule has 1 aromatic carbocycles. The van der Waals surface area contributed by atoms with Gasteiger partial charge in [0, 0.05) is 28.1 Å². The molecule has 1 fully saturated rings. The van der Waals surface area contributed by atoms with Crippen LogP contribution in [0.1, 0.15) is 37.1 Å². The van der Waals surface area contributed by atoms with Crippen LogP contribution in [0.2, 0.25) is 0 Å². The minimum atomic E-state index is -0.161. The molecule has 2 unspecified atom stereocenters. The highest BCUT2D eigenvalue weighted by Crippen LogP contribution is 2.36. The van der Waals surface area contributed by atoms with Crippen molar-refractivity contribution in [1.82, 2.24) is 5.32 Å². The Morgan fingerprint density at radius 1 is 1.43 bits per heavy atom. The third-order valence-corrected chi connectivity index (χ3v) is 5.28. The molecule has 2 nitrogen and oxygen atoms in total. The van der Waals surface area contributed by atoms with Gasteiger partial charge in [-0.2, -0.15) is 0 Å². The van der Waals surface area contributed by atoms with Gasteiger partial charge in [0.25, 0.3) is 0 Å². The van der Waals surface area contributed by atoms with E-state index in [9.17, 15) is 4.39 Å². The Balaban J connectivity index is 1.88. The van der Waals surface area contributed by atoms with Crippen LogP contribution in [-0.2, 0) is 4.74 Å². The molecule has 1 aromatic heterocycles. The summed E-state index contributed by atoms with van der Waals surface area (Å²) in [5, 5.41) is 4.68. The molecule has 0 bridgehead atoms. The number of halogens is 1. The van der Waals surface area contributed by atoms with Crippen LogP contribution in [0.15, 0.2) is 24.3 Å². The van der Waals surface area contributed by atoms with Crippen molar-refractivity contribution >= 4 is 21.4 Å². The van der Waals surface area contributed by atoms with Gasteiger partial charge in [0.2, 0.25) is 0 Å². The van der Waals surface area contributed by atoms with Crippen molar-refractivity contribution in [3.05, 3.63) is 35.0 Å². The zero-order chi connectivity index (χ0) is 14.7. The van der Waals surface area contributed by atoms with Crippen LogP contribution in [0.5, 0.6) is 0 Å². The summed E-state index contributed by atoms with van der Waals surface area (Å²) < 4.78 is 20.2. The Kier molecular flexibility index (Phi) is 4.88. The summed E-state index contributed by atoms with van der Waals surface area (Å²) in [5.74, 6) is 0.356. The average molecular weight is 307 g/mol. The molecular formula is C17H22FNOS. The predicted octanol–water partition coefficient (Wildman–Crippen LogP) is 4.51. The van der Waals surface area contributed by atoms with Gasteiger partial charge in [-0.1, -0.05) is 6.92 Å². The lowest BCUT2D eigenvalue weighted by atomic mass is 9.92. The second kappa shape index (κ2) is 6.86. The van der Waals surface area contributed by atoms with E-state index in [2.05, 4.69) is 18.3 Å². The molecule has 1 aliphatic rings. The number of rotatable bonds is 5. The largest absolute Gasteiger partial charge is 0.381 e. The first-order chi connectivity index (χ1) is 10.3. The Morgan fingerprint density at radius 3 is 3.10 bits per heavy atom. The fourth-order valence-corrected chi connectivity index (χ4v) is 4.23. The van der Waals surface area contributed by atoms with Crippen molar-refractivity contribution in [3.63, 3.8) is 0 Å². The van der Waals surface area contributed by atoms with Gasteiger partial charge in [-0.05, 0) is 55.5 Å². The number of ether oxygens (including phenoxy) is 1. The first kappa shape index (κ1) is 14.9. The van der Waals surface area contributed by atoms with E-state index in [4.69, 9.17) is 4.74 Å². The molecule has 114 valence electrons. The van der Waals surface area contributed by atoms with Crippen LogP contribution in [-0.4, -0.2) is 19.8 Å². The molecule has 21 heavy (non-hydrogen) atoms. The number of thiophene rings is 1. The van der Waals surface area contributed by atoms with Crippen molar-refractivity contribution in [2.75, 3.05) is 19.8 Å². The third-order valence-electron chi connectivity index (χ3n) is 4.09. The highest BCUT2D eigenvalue weighted by atomic mass is 32.1. The lowest BCUT2D eigenvalue weighted by molar-refractivity contribution is 0.0396. The van der Waals surface area contributed by atoms with E-state index in [0.29, 0.717) is 12.0 Å². The van der Waals surface area contributed by atoms with Gasteiger partial charge in [-0.3, -0.25) is 0 Å². The van der Waals surface area contributed by atoms with Crippen LogP contribution >= 0.6 is 11.3 Å². The topological polar surface area (TPSA) is 21.3 Å². The van der Waals surface area contributed by atoms with Gasteiger partial charge in [0.05, 0.1) is 6.61 Å².